The highest BCUT2D eigenvalue weighted by Crippen LogP contribution is 2.25. The summed E-state index contributed by atoms with van der Waals surface area (Å²) in [6.07, 6.45) is 0.111. The maximum atomic E-state index is 11.9. The minimum absolute atomic E-state index is 0.0590. The third-order valence-electron chi connectivity index (χ3n) is 3.22. The van der Waals surface area contributed by atoms with Crippen LogP contribution in [0.15, 0.2) is 18.2 Å². The van der Waals surface area contributed by atoms with Crippen molar-refractivity contribution in [2.75, 3.05) is 18.4 Å². The fourth-order valence-corrected chi connectivity index (χ4v) is 2.22. The van der Waals surface area contributed by atoms with Crippen LogP contribution in [0.4, 0.5) is 10.5 Å². The maximum absolute atomic E-state index is 11.9. The SMILES string of the molecule is Cc1c(Cl)cccc1NC(=O)N1CC(CC(=O)O)C1. The van der Waals surface area contributed by atoms with E-state index >= 15 is 0 Å². The second-order valence-electron chi connectivity index (χ2n) is 4.71. The summed E-state index contributed by atoms with van der Waals surface area (Å²) in [7, 11) is 0. The zero-order chi connectivity index (χ0) is 14.0. The molecule has 2 amide bonds. The molecule has 0 atom stereocenters. The minimum Gasteiger partial charge on any atom is -0.481 e. The van der Waals surface area contributed by atoms with Crippen LogP contribution >= 0.6 is 11.6 Å². The Morgan fingerprint density at radius 1 is 1.47 bits per heavy atom. The highest BCUT2D eigenvalue weighted by molar-refractivity contribution is 6.31. The number of hydrogen-bond acceptors (Lipinski definition) is 2. The van der Waals surface area contributed by atoms with Crippen LogP contribution < -0.4 is 5.32 Å². The molecule has 2 N–H and O–H groups in total. The van der Waals surface area contributed by atoms with Crippen molar-refractivity contribution in [3.05, 3.63) is 28.8 Å². The molecule has 0 aromatic heterocycles. The van der Waals surface area contributed by atoms with Crippen molar-refractivity contribution in [2.45, 2.75) is 13.3 Å². The molecule has 0 bridgehead atoms. The van der Waals surface area contributed by atoms with E-state index in [-0.39, 0.29) is 18.4 Å². The van der Waals surface area contributed by atoms with Gasteiger partial charge in [-0.2, -0.15) is 0 Å². The van der Waals surface area contributed by atoms with Crippen molar-refractivity contribution in [3.63, 3.8) is 0 Å². The summed E-state index contributed by atoms with van der Waals surface area (Å²) in [5, 5.41) is 12.0. The molecule has 1 aliphatic rings. The molecular formula is C13H15ClN2O3. The van der Waals surface area contributed by atoms with Crippen molar-refractivity contribution in [1.82, 2.24) is 4.90 Å². The van der Waals surface area contributed by atoms with Gasteiger partial charge in [0, 0.05) is 29.7 Å². The topological polar surface area (TPSA) is 69.6 Å². The van der Waals surface area contributed by atoms with Crippen LogP contribution in [0, 0.1) is 12.8 Å². The fourth-order valence-electron chi connectivity index (χ4n) is 2.05. The van der Waals surface area contributed by atoms with Gasteiger partial charge >= 0.3 is 12.0 Å². The lowest BCUT2D eigenvalue weighted by atomic mass is 9.97. The van der Waals surface area contributed by atoms with Gasteiger partial charge in [0.25, 0.3) is 0 Å². The molecule has 0 saturated carbocycles. The van der Waals surface area contributed by atoms with Crippen molar-refractivity contribution < 1.29 is 14.7 Å². The molecule has 19 heavy (non-hydrogen) atoms. The molecular weight excluding hydrogens is 268 g/mol. The van der Waals surface area contributed by atoms with E-state index in [1.54, 1.807) is 23.1 Å². The maximum Gasteiger partial charge on any atom is 0.321 e. The quantitative estimate of drug-likeness (QED) is 0.895. The standard InChI is InChI=1S/C13H15ClN2O3/c1-8-10(14)3-2-4-11(8)15-13(19)16-6-9(7-16)5-12(17)18/h2-4,9H,5-7H2,1H3,(H,15,19)(H,17,18). The summed E-state index contributed by atoms with van der Waals surface area (Å²) in [5.74, 6) is -0.764. The van der Waals surface area contributed by atoms with Gasteiger partial charge in [-0.1, -0.05) is 17.7 Å². The largest absolute Gasteiger partial charge is 0.481 e. The average molecular weight is 283 g/mol. The Morgan fingerprint density at radius 2 is 2.16 bits per heavy atom. The molecule has 6 heteroatoms. The normalized spacial score (nSPS) is 14.9. The predicted octanol–water partition coefficient (Wildman–Crippen LogP) is 2.59. The smallest absolute Gasteiger partial charge is 0.321 e. The lowest BCUT2D eigenvalue weighted by Crippen LogP contribution is -2.52. The van der Waals surface area contributed by atoms with Crippen LogP contribution in [0.3, 0.4) is 0 Å². The van der Waals surface area contributed by atoms with Crippen molar-refractivity contribution in [3.8, 4) is 0 Å². The van der Waals surface area contributed by atoms with E-state index in [9.17, 15) is 9.59 Å². The van der Waals surface area contributed by atoms with Crippen LogP contribution in [0.2, 0.25) is 5.02 Å². The first-order valence-corrected chi connectivity index (χ1v) is 6.38. The molecule has 0 radical (unpaired) electrons. The molecule has 2 rings (SSSR count). The molecule has 0 unspecified atom stereocenters. The Hall–Kier alpha value is -1.75. The molecule has 102 valence electrons. The number of amides is 2. The van der Waals surface area contributed by atoms with Gasteiger partial charge in [-0.3, -0.25) is 4.79 Å². The molecule has 1 fully saturated rings. The van der Waals surface area contributed by atoms with Gasteiger partial charge in [-0.05, 0) is 24.6 Å². The first kappa shape index (κ1) is 13.7. The minimum atomic E-state index is -0.823. The first-order chi connectivity index (χ1) is 8.97. The van der Waals surface area contributed by atoms with Crippen molar-refractivity contribution in [1.29, 1.82) is 0 Å². The summed E-state index contributed by atoms with van der Waals surface area (Å²) >= 11 is 5.98. The van der Waals surface area contributed by atoms with Crippen LogP contribution in [-0.2, 0) is 4.79 Å². The second kappa shape index (κ2) is 5.48. The Kier molecular flexibility index (Phi) is 3.95. The van der Waals surface area contributed by atoms with E-state index in [0.29, 0.717) is 23.8 Å². The van der Waals surface area contributed by atoms with Gasteiger partial charge in [-0.15, -0.1) is 0 Å². The van der Waals surface area contributed by atoms with Crippen LogP contribution in [0.25, 0.3) is 0 Å². The van der Waals surface area contributed by atoms with Gasteiger partial charge < -0.3 is 15.3 Å². The third kappa shape index (κ3) is 3.17. The lowest BCUT2D eigenvalue weighted by Gasteiger charge is -2.38. The van der Waals surface area contributed by atoms with E-state index < -0.39 is 5.97 Å². The molecule has 0 spiro atoms. The van der Waals surface area contributed by atoms with E-state index in [2.05, 4.69) is 5.32 Å². The summed E-state index contributed by atoms with van der Waals surface area (Å²) in [5.41, 5.74) is 1.50. The van der Waals surface area contributed by atoms with E-state index in [4.69, 9.17) is 16.7 Å². The number of anilines is 1. The van der Waals surface area contributed by atoms with Gasteiger partial charge in [0.1, 0.15) is 0 Å². The number of hydrogen-bond donors (Lipinski definition) is 2. The number of halogens is 1. The van der Waals surface area contributed by atoms with E-state index in [1.807, 2.05) is 6.92 Å². The van der Waals surface area contributed by atoms with Crippen molar-refractivity contribution in [2.24, 2.45) is 5.92 Å². The average Bonchev–Trinajstić information content (AvgIpc) is 2.28. The van der Waals surface area contributed by atoms with Gasteiger partial charge in [0.05, 0.1) is 6.42 Å². The van der Waals surface area contributed by atoms with Crippen LogP contribution in [0.1, 0.15) is 12.0 Å². The number of nitrogens with one attached hydrogen (secondary N) is 1. The van der Waals surface area contributed by atoms with Gasteiger partial charge in [-0.25, -0.2) is 4.79 Å². The Morgan fingerprint density at radius 3 is 2.79 bits per heavy atom. The molecule has 1 aromatic carbocycles. The molecule has 1 aromatic rings. The summed E-state index contributed by atoms with van der Waals surface area (Å²) in [4.78, 5) is 24.0. The Labute approximate surface area is 116 Å². The van der Waals surface area contributed by atoms with E-state index in [0.717, 1.165) is 5.56 Å². The number of carbonyl (C=O) groups excluding carboxylic acids is 1. The first-order valence-electron chi connectivity index (χ1n) is 6.00. The third-order valence-corrected chi connectivity index (χ3v) is 3.63. The number of nitrogens with zero attached hydrogens (tertiary/aromatic N) is 1. The fraction of sp³-hybridized carbons (Fsp3) is 0.385. The number of carboxylic acids is 1. The number of rotatable bonds is 3. The highest BCUT2D eigenvalue weighted by Gasteiger charge is 2.32. The molecule has 5 nitrogen and oxygen atoms in total. The molecule has 0 aliphatic carbocycles. The van der Waals surface area contributed by atoms with Crippen LogP contribution in [0.5, 0.6) is 0 Å². The highest BCUT2D eigenvalue weighted by atomic mass is 35.5. The predicted molar refractivity (Wildman–Crippen MR) is 72.5 cm³/mol. The Bertz CT molecular complexity index is 513. The van der Waals surface area contributed by atoms with Gasteiger partial charge in [0.15, 0.2) is 0 Å². The number of benzene rings is 1. The lowest BCUT2D eigenvalue weighted by molar-refractivity contribution is -0.139. The number of carboxylic acid groups (broad SMARTS) is 1. The van der Waals surface area contributed by atoms with E-state index in [1.165, 1.54) is 0 Å². The monoisotopic (exact) mass is 282 g/mol. The molecule has 1 aliphatic heterocycles. The molecule has 1 heterocycles. The van der Waals surface area contributed by atoms with Gasteiger partial charge in [0.2, 0.25) is 0 Å². The number of carbonyl (C=O) groups is 2. The number of aliphatic carboxylic acids is 1. The number of likely N-dealkylation sites (tertiary alicyclic amines) is 1. The van der Waals surface area contributed by atoms with Crippen molar-refractivity contribution >= 4 is 29.3 Å². The zero-order valence-electron chi connectivity index (χ0n) is 10.5. The zero-order valence-corrected chi connectivity index (χ0v) is 11.3. The summed E-state index contributed by atoms with van der Waals surface area (Å²) in [6, 6.07) is 5.10. The van der Waals surface area contributed by atoms with Crippen LogP contribution in [-0.4, -0.2) is 35.1 Å². The Balaban J connectivity index is 1.89. The molecule has 1 saturated heterocycles. The summed E-state index contributed by atoms with van der Waals surface area (Å²) < 4.78 is 0. The number of urea groups is 1. The summed E-state index contributed by atoms with van der Waals surface area (Å²) in [6.45, 7) is 2.80. The second-order valence-corrected chi connectivity index (χ2v) is 5.12.